The fraction of sp³-hybridized carbons (Fsp3) is 0.0612. The highest BCUT2D eigenvalue weighted by Crippen LogP contribution is 2.37. The van der Waals surface area contributed by atoms with Crippen LogP contribution in [-0.2, 0) is 0 Å². The summed E-state index contributed by atoms with van der Waals surface area (Å²) >= 11 is 0. The molecular formula is C49H36N4. The molecule has 0 saturated carbocycles. The van der Waals surface area contributed by atoms with Crippen LogP contribution in [0.1, 0.15) is 25.0 Å². The lowest BCUT2D eigenvalue weighted by Crippen LogP contribution is -2.33. The molecule has 0 bridgehead atoms. The normalized spacial score (nSPS) is 13.3. The highest BCUT2D eigenvalue weighted by atomic mass is 14.9. The largest absolute Gasteiger partial charge is 0.243 e. The van der Waals surface area contributed by atoms with E-state index >= 15 is 0 Å². The molecule has 0 fully saturated rings. The molecule has 4 heteroatoms. The first kappa shape index (κ1) is 32.1. The predicted molar refractivity (Wildman–Crippen MR) is 219 cm³/mol. The number of hydrogen-bond donors (Lipinski definition) is 0. The van der Waals surface area contributed by atoms with E-state index in [-0.39, 0.29) is 0 Å². The first-order valence-corrected chi connectivity index (χ1v) is 18.2. The molecule has 0 atom stereocenters. The zero-order valence-electron chi connectivity index (χ0n) is 29.2. The highest BCUT2D eigenvalue weighted by Gasteiger charge is 2.20. The topological polar surface area (TPSA) is 51.6 Å². The standard InChI is InChI=1S/C49H36N4/c1-2-7-21-37(20-6-1)47-48(52-46(36-24-12-5-13-25-36)45(51-47)35-22-10-4-11-23-35)40-28-16-26-38(32-40)39-27-17-29-41(33-39)49-50-43-31-15-14-30-42(43)44(53-49)34-18-8-3-9-19-34/h1-6,8-13,16-33H,7,14-15H2. The molecule has 0 aliphatic heterocycles. The van der Waals surface area contributed by atoms with Crippen molar-refractivity contribution >= 4 is 17.7 Å². The smallest absolute Gasteiger partial charge is 0.160 e. The third kappa shape index (κ3) is 6.59. The molecular weight excluding hydrogens is 645 g/mol. The quantitative estimate of drug-likeness (QED) is 0.168. The Morgan fingerprint density at radius 3 is 1.58 bits per heavy atom. The summed E-state index contributed by atoms with van der Waals surface area (Å²) in [5.41, 5.74) is 12.7. The van der Waals surface area contributed by atoms with Gasteiger partial charge < -0.3 is 0 Å². The molecule has 2 aliphatic carbocycles. The van der Waals surface area contributed by atoms with Crippen LogP contribution < -0.4 is 10.6 Å². The van der Waals surface area contributed by atoms with Crippen LogP contribution in [-0.4, -0.2) is 19.9 Å². The molecule has 4 nitrogen and oxygen atoms in total. The summed E-state index contributed by atoms with van der Waals surface area (Å²) in [6.07, 6.45) is 18.0. The first-order valence-electron chi connectivity index (χ1n) is 18.2. The van der Waals surface area contributed by atoms with E-state index < -0.39 is 0 Å². The maximum atomic E-state index is 5.49. The minimum atomic E-state index is 0.727. The second kappa shape index (κ2) is 14.5. The van der Waals surface area contributed by atoms with Gasteiger partial charge in [-0.1, -0.05) is 170 Å². The number of fused-ring (bicyclic) bond motifs is 1. The third-order valence-electron chi connectivity index (χ3n) is 9.73. The van der Waals surface area contributed by atoms with Crippen LogP contribution in [0.15, 0.2) is 170 Å². The van der Waals surface area contributed by atoms with Crippen LogP contribution in [0.5, 0.6) is 0 Å². The van der Waals surface area contributed by atoms with E-state index in [0.29, 0.717) is 0 Å². The van der Waals surface area contributed by atoms with Gasteiger partial charge in [-0.05, 0) is 48.1 Å². The van der Waals surface area contributed by atoms with Crippen molar-refractivity contribution < 1.29 is 0 Å². The minimum Gasteiger partial charge on any atom is -0.243 e. The van der Waals surface area contributed by atoms with E-state index in [1.807, 2.05) is 18.2 Å². The Kier molecular flexibility index (Phi) is 8.77. The van der Waals surface area contributed by atoms with Gasteiger partial charge in [0.1, 0.15) is 0 Å². The molecule has 0 unspecified atom stereocenters. The van der Waals surface area contributed by atoms with Crippen molar-refractivity contribution in [3.05, 3.63) is 186 Å². The van der Waals surface area contributed by atoms with E-state index in [1.54, 1.807) is 0 Å². The summed E-state index contributed by atoms with van der Waals surface area (Å²) in [7, 11) is 0. The average molecular weight is 681 g/mol. The van der Waals surface area contributed by atoms with E-state index in [9.17, 15) is 0 Å². The summed E-state index contributed by atoms with van der Waals surface area (Å²) < 4.78 is 0. The molecule has 53 heavy (non-hydrogen) atoms. The molecule has 0 saturated heterocycles. The Labute approximate surface area is 309 Å². The van der Waals surface area contributed by atoms with Gasteiger partial charge in [0.2, 0.25) is 0 Å². The van der Waals surface area contributed by atoms with Crippen LogP contribution in [0.2, 0.25) is 0 Å². The van der Waals surface area contributed by atoms with Gasteiger partial charge in [-0.2, -0.15) is 0 Å². The number of rotatable bonds is 7. The number of benzene rings is 5. The van der Waals surface area contributed by atoms with Crippen molar-refractivity contribution in [2.75, 3.05) is 0 Å². The summed E-state index contributed by atoms with van der Waals surface area (Å²) in [5, 5.41) is 2.12. The second-order valence-corrected chi connectivity index (χ2v) is 13.2. The fourth-order valence-corrected chi connectivity index (χ4v) is 7.11. The molecule has 0 amide bonds. The van der Waals surface area contributed by atoms with Crippen LogP contribution in [0.4, 0.5) is 0 Å². The Morgan fingerprint density at radius 2 is 0.906 bits per heavy atom. The Morgan fingerprint density at radius 1 is 0.377 bits per heavy atom. The van der Waals surface area contributed by atoms with Crippen LogP contribution in [0.25, 0.3) is 85.3 Å². The molecule has 5 aromatic carbocycles. The summed E-state index contributed by atoms with van der Waals surface area (Å²) in [5.74, 6) is 0.727. The molecule has 0 radical (unpaired) electrons. The van der Waals surface area contributed by atoms with Crippen molar-refractivity contribution in [2.24, 2.45) is 0 Å². The number of hydrogen-bond acceptors (Lipinski definition) is 4. The molecule has 0 spiro atoms. The van der Waals surface area contributed by atoms with Gasteiger partial charge in [-0.3, -0.25) is 0 Å². The number of allylic oxidation sites excluding steroid dienone is 6. The van der Waals surface area contributed by atoms with Crippen molar-refractivity contribution in [1.82, 2.24) is 19.9 Å². The van der Waals surface area contributed by atoms with Gasteiger partial charge in [0.05, 0.1) is 33.8 Å². The van der Waals surface area contributed by atoms with Gasteiger partial charge in [-0.25, -0.2) is 19.9 Å². The Bertz CT molecular complexity index is 2670. The molecule has 0 N–H and O–H groups in total. The molecule has 2 heterocycles. The van der Waals surface area contributed by atoms with Crippen LogP contribution in [0, 0.1) is 0 Å². The molecule has 2 aromatic heterocycles. The Balaban J connectivity index is 1.19. The number of aromatic nitrogens is 4. The Hall–Kier alpha value is -6.78. The fourth-order valence-electron chi connectivity index (χ4n) is 7.11. The molecule has 9 rings (SSSR count). The van der Waals surface area contributed by atoms with Crippen molar-refractivity contribution in [3.63, 3.8) is 0 Å². The summed E-state index contributed by atoms with van der Waals surface area (Å²) in [4.78, 5) is 21.2. The lowest BCUT2D eigenvalue weighted by Gasteiger charge is -2.17. The van der Waals surface area contributed by atoms with E-state index in [1.165, 1.54) is 0 Å². The average Bonchev–Trinajstić information content (AvgIpc) is 3.54. The van der Waals surface area contributed by atoms with Crippen LogP contribution in [0.3, 0.4) is 0 Å². The zero-order chi connectivity index (χ0) is 35.4. The van der Waals surface area contributed by atoms with Gasteiger partial charge in [-0.15, -0.1) is 0 Å². The predicted octanol–water partition coefficient (Wildman–Crippen LogP) is 10.5. The maximum absolute atomic E-state index is 5.49. The van der Waals surface area contributed by atoms with Crippen molar-refractivity contribution in [2.45, 2.75) is 19.3 Å². The van der Waals surface area contributed by atoms with E-state index in [4.69, 9.17) is 19.9 Å². The van der Waals surface area contributed by atoms with Crippen LogP contribution >= 0.6 is 0 Å². The van der Waals surface area contributed by atoms with Gasteiger partial charge in [0.15, 0.2) is 5.82 Å². The second-order valence-electron chi connectivity index (χ2n) is 13.2. The molecule has 252 valence electrons. The highest BCUT2D eigenvalue weighted by molar-refractivity contribution is 5.88. The summed E-state index contributed by atoms with van der Waals surface area (Å²) in [6, 6.07) is 48.4. The lowest BCUT2D eigenvalue weighted by atomic mass is 9.96. The van der Waals surface area contributed by atoms with Gasteiger partial charge >= 0.3 is 0 Å². The van der Waals surface area contributed by atoms with Gasteiger partial charge in [0.25, 0.3) is 0 Å². The summed E-state index contributed by atoms with van der Waals surface area (Å²) in [6.45, 7) is 0. The maximum Gasteiger partial charge on any atom is 0.160 e. The molecule has 2 aliphatic rings. The molecule has 7 aromatic rings. The SMILES string of the molecule is C1=CCC=C(c2nc(-c3ccccc3)c(-c3ccccc3)nc2-c2cccc(-c3cccc(-c4nc(-c5ccccc5)c5c(n4)=CCCC=5)c3)c2)C=C1. The first-order chi connectivity index (χ1) is 26.3. The van der Waals surface area contributed by atoms with E-state index in [2.05, 4.69) is 164 Å². The minimum absolute atomic E-state index is 0.727. The van der Waals surface area contributed by atoms with E-state index in [0.717, 1.165) is 109 Å². The number of nitrogens with zero attached hydrogens (tertiary/aromatic N) is 4. The third-order valence-corrected chi connectivity index (χ3v) is 9.73. The monoisotopic (exact) mass is 680 g/mol. The van der Waals surface area contributed by atoms with Gasteiger partial charge in [0, 0.05) is 33.0 Å². The van der Waals surface area contributed by atoms with Crippen molar-refractivity contribution in [1.29, 1.82) is 0 Å². The zero-order valence-corrected chi connectivity index (χ0v) is 29.2. The lowest BCUT2D eigenvalue weighted by molar-refractivity contribution is 1.04. The van der Waals surface area contributed by atoms with Crippen molar-refractivity contribution in [3.8, 4) is 67.5 Å².